The van der Waals surface area contributed by atoms with Gasteiger partial charge in [-0.25, -0.2) is 24.5 Å². The zero-order chi connectivity index (χ0) is 38.1. The number of aryl methyl sites for hydroxylation is 1. The SMILES string of the molecule is Cc1cc2nc3c(=O)n(C4CC4)c(=O)n(C4CC4)c3nc2cc1COC(=O)NCCCCCC(=O)NCc1ccc(COc2nc(N)nc3[nH]cnc23)cc1. The van der Waals surface area contributed by atoms with E-state index >= 15 is 0 Å². The van der Waals surface area contributed by atoms with Gasteiger partial charge in [-0.1, -0.05) is 30.7 Å². The molecular formula is C38H41N11O6. The third kappa shape index (κ3) is 7.95. The van der Waals surface area contributed by atoms with E-state index in [1.54, 1.807) is 10.6 Å². The van der Waals surface area contributed by atoms with E-state index in [1.165, 1.54) is 10.9 Å². The largest absolute Gasteiger partial charge is 0.471 e. The van der Waals surface area contributed by atoms with Gasteiger partial charge in [0.25, 0.3) is 5.56 Å². The number of nitrogens with zero attached hydrogens (tertiary/aromatic N) is 7. The molecule has 2 aliphatic carbocycles. The molecule has 4 heterocycles. The quantitative estimate of drug-likeness (QED) is 0.0863. The van der Waals surface area contributed by atoms with Crippen LogP contribution < -0.4 is 32.4 Å². The van der Waals surface area contributed by atoms with E-state index in [9.17, 15) is 19.2 Å². The Morgan fingerprint density at radius 3 is 2.40 bits per heavy atom. The maximum Gasteiger partial charge on any atom is 0.407 e. The molecule has 4 aromatic heterocycles. The van der Waals surface area contributed by atoms with Gasteiger partial charge in [0.2, 0.25) is 17.7 Å². The number of carbonyl (C=O) groups excluding carboxylic acids is 2. The van der Waals surface area contributed by atoms with Crippen LogP contribution in [0.25, 0.3) is 33.4 Å². The molecule has 2 fully saturated rings. The molecule has 17 nitrogen and oxygen atoms in total. The summed E-state index contributed by atoms with van der Waals surface area (Å²) in [5, 5.41) is 5.72. The third-order valence-corrected chi connectivity index (χ3v) is 9.85. The molecule has 17 heteroatoms. The fourth-order valence-corrected chi connectivity index (χ4v) is 6.52. The van der Waals surface area contributed by atoms with Gasteiger partial charge in [0.15, 0.2) is 22.3 Å². The molecule has 2 aromatic carbocycles. The predicted molar refractivity (Wildman–Crippen MR) is 202 cm³/mol. The van der Waals surface area contributed by atoms with Gasteiger partial charge in [-0.2, -0.15) is 9.97 Å². The van der Waals surface area contributed by atoms with Crippen molar-refractivity contribution in [2.75, 3.05) is 12.3 Å². The Bertz CT molecular complexity index is 2540. The number of benzene rings is 2. The van der Waals surface area contributed by atoms with Crippen LogP contribution >= 0.6 is 0 Å². The zero-order valence-electron chi connectivity index (χ0n) is 30.3. The fourth-order valence-electron chi connectivity index (χ4n) is 6.52. The number of hydrogen-bond acceptors (Lipinski definition) is 12. The van der Waals surface area contributed by atoms with E-state index in [0.717, 1.165) is 54.4 Å². The molecule has 0 saturated heterocycles. The number of nitrogen functional groups attached to an aromatic ring is 1. The molecule has 0 radical (unpaired) electrons. The lowest BCUT2D eigenvalue weighted by Gasteiger charge is -2.14. The Morgan fingerprint density at radius 2 is 1.62 bits per heavy atom. The summed E-state index contributed by atoms with van der Waals surface area (Å²) in [5.41, 5.74) is 11.1. The van der Waals surface area contributed by atoms with Crippen LogP contribution in [-0.4, -0.2) is 57.6 Å². The highest BCUT2D eigenvalue weighted by Gasteiger charge is 2.34. The number of amides is 2. The summed E-state index contributed by atoms with van der Waals surface area (Å²) in [6, 6.07) is 11.3. The minimum absolute atomic E-state index is 0.0242. The van der Waals surface area contributed by atoms with Gasteiger partial charge in [0.05, 0.1) is 17.4 Å². The Morgan fingerprint density at radius 1 is 0.873 bits per heavy atom. The summed E-state index contributed by atoms with van der Waals surface area (Å²) < 4.78 is 14.3. The second-order valence-corrected chi connectivity index (χ2v) is 14.1. The first kappa shape index (κ1) is 35.6. The molecule has 6 aromatic rings. The number of aromatic nitrogens is 8. The highest BCUT2D eigenvalue weighted by Crippen LogP contribution is 2.37. The van der Waals surface area contributed by atoms with E-state index in [0.29, 0.717) is 66.1 Å². The van der Waals surface area contributed by atoms with Crippen LogP contribution in [0.3, 0.4) is 0 Å². The number of aromatic amines is 1. The first-order valence-electron chi connectivity index (χ1n) is 18.5. The molecular weight excluding hydrogens is 706 g/mol. The van der Waals surface area contributed by atoms with Crippen LogP contribution in [0, 0.1) is 6.92 Å². The maximum absolute atomic E-state index is 13.3. The van der Waals surface area contributed by atoms with Gasteiger partial charge in [0.1, 0.15) is 13.2 Å². The first-order chi connectivity index (χ1) is 26.7. The van der Waals surface area contributed by atoms with E-state index in [2.05, 4.69) is 35.6 Å². The number of unbranched alkanes of at least 4 members (excludes halogenated alkanes) is 2. The molecule has 8 rings (SSSR count). The summed E-state index contributed by atoms with van der Waals surface area (Å²) in [5.74, 6) is 0.358. The number of rotatable bonds is 15. The molecule has 5 N–H and O–H groups in total. The Labute approximate surface area is 313 Å². The summed E-state index contributed by atoms with van der Waals surface area (Å²) in [6.45, 7) is 3.01. The average molecular weight is 748 g/mol. The maximum atomic E-state index is 13.3. The first-order valence-corrected chi connectivity index (χ1v) is 18.5. The van der Waals surface area contributed by atoms with E-state index in [1.807, 2.05) is 37.3 Å². The van der Waals surface area contributed by atoms with Crippen molar-refractivity contribution >= 4 is 51.3 Å². The summed E-state index contributed by atoms with van der Waals surface area (Å²) in [4.78, 5) is 76.2. The summed E-state index contributed by atoms with van der Waals surface area (Å²) in [7, 11) is 0. The number of nitrogens with two attached hydrogens (primary N) is 1. The monoisotopic (exact) mass is 747 g/mol. The Kier molecular flexibility index (Phi) is 9.82. The van der Waals surface area contributed by atoms with Gasteiger partial charge in [-0.15, -0.1) is 0 Å². The highest BCUT2D eigenvalue weighted by atomic mass is 16.5. The van der Waals surface area contributed by atoms with Crippen molar-refractivity contribution in [1.82, 2.24) is 49.7 Å². The lowest BCUT2D eigenvalue weighted by Crippen LogP contribution is -2.40. The molecule has 0 spiro atoms. The van der Waals surface area contributed by atoms with Crippen LogP contribution in [0.4, 0.5) is 10.7 Å². The third-order valence-electron chi connectivity index (χ3n) is 9.85. The van der Waals surface area contributed by atoms with Crippen molar-refractivity contribution in [2.24, 2.45) is 0 Å². The minimum atomic E-state index is -0.545. The second-order valence-electron chi connectivity index (χ2n) is 14.1. The normalized spacial score (nSPS) is 14.1. The Hall–Kier alpha value is -6.39. The lowest BCUT2D eigenvalue weighted by atomic mass is 10.1. The molecule has 284 valence electrons. The predicted octanol–water partition coefficient (Wildman–Crippen LogP) is 4.02. The number of ether oxygens (including phenoxy) is 2. The highest BCUT2D eigenvalue weighted by molar-refractivity contribution is 5.85. The van der Waals surface area contributed by atoms with Crippen molar-refractivity contribution in [3.8, 4) is 5.88 Å². The van der Waals surface area contributed by atoms with Gasteiger partial charge in [0, 0.05) is 31.6 Å². The Balaban J connectivity index is 0.749. The van der Waals surface area contributed by atoms with Crippen LogP contribution in [0.1, 0.15) is 85.7 Å². The second kappa shape index (κ2) is 15.2. The summed E-state index contributed by atoms with van der Waals surface area (Å²) >= 11 is 0. The topological polar surface area (TPSA) is 227 Å². The van der Waals surface area contributed by atoms with Crippen LogP contribution in [-0.2, 0) is 29.3 Å². The lowest BCUT2D eigenvalue weighted by molar-refractivity contribution is -0.121. The van der Waals surface area contributed by atoms with Crippen molar-refractivity contribution < 1.29 is 19.1 Å². The molecule has 0 unspecified atom stereocenters. The van der Waals surface area contributed by atoms with Gasteiger partial charge in [-0.3, -0.25) is 18.7 Å². The molecule has 0 atom stereocenters. The number of imidazole rings is 1. The molecule has 2 amide bonds. The number of H-pyrrole nitrogens is 1. The molecule has 0 bridgehead atoms. The van der Waals surface area contributed by atoms with Crippen molar-refractivity contribution in [3.63, 3.8) is 0 Å². The smallest absolute Gasteiger partial charge is 0.407 e. The van der Waals surface area contributed by atoms with Crippen LogP contribution in [0.15, 0.2) is 52.3 Å². The van der Waals surface area contributed by atoms with Crippen molar-refractivity contribution in [1.29, 1.82) is 0 Å². The zero-order valence-corrected chi connectivity index (χ0v) is 30.3. The number of nitrogens with one attached hydrogen (secondary N) is 3. The number of hydrogen-bond donors (Lipinski definition) is 4. The van der Waals surface area contributed by atoms with Crippen molar-refractivity contribution in [3.05, 3.63) is 85.8 Å². The van der Waals surface area contributed by atoms with Crippen molar-refractivity contribution in [2.45, 2.75) is 90.1 Å². The van der Waals surface area contributed by atoms with Crippen LogP contribution in [0.5, 0.6) is 5.88 Å². The van der Waals surface area contributed by atoms with Crippen LogP contribution in [0.2, 0.25) is 0 Å². The van der Waals surface area contributed by atoms with Gasteiger partial charge >= 0.3 is 11.8 Å². The fraction of sp³-hybridized carbons (Fsp3) is 0.395. The molecule has 2 saturated carbocycles. The molecule has 55 heavy (non-hydrogen) atoms. The van der Waals surface area contributed by atoms with E-state index in [4.69, 9.17) is 20.2 Å². The average Bonchev–Trinajstić information content (AvgIpc) is 4.12. The van der Waals surface area contributed by atoms with Gasteiger partial charge < -0.3 is 30.8 Å². The standard InChI is InChI=1S/C38H41N11O6/c1-21-15-27-28(45-33-31(44-27)35(51)49(26-12-13-26)38(53)48(33)25-10-11-25)16-24(21)19-55-37(52)40-14-4-2-3-5-29(50)41-17-22-6-8-23(9-7-22)18-54-34-30-32(43-20-42-30)46-36(39)47-34/h6-9,15-16,20,25-26H,2-5,10-14,17-19H2,1H3,(H,40,52)(H,41,50)(H3,39,42,43,46,47). The number of alkyl carbamates (subject to hydrolysis) is 1. The van der Waals surface area contributed by atoms with Gasteiger partial charge in [-0.05, 0) is 79.8 Å². The molecule has 2 aliphatic rings. The number of carbonyl (C=O) groups is 2. The molecule has 0 aliphatic heterocycles. The summed E-state index contributed by atoms with van der Waals surface area (Å²) in [6.07, 6.45) is 6.86. The van der Waals surface area contributed by atoms with E-state index < -0.39 is 6.09 Å². The van der Waals surface area contributed by atoms with E-state index in [-0.39, 0.29) is 53.9 Å². The number of anilines is 1. The minimum Gasteiger partial charge on any atom is -0.471 e. The number of fused-ring (bicyclic) bond motifs is 3.